The van der Waals surface area contributed by atoms with Gasteiger partial charge in [-0.15, -0.1) is 0 Å². The largest absolute Gasteiger partial charge is 0.326 e. The predicted octanol–water partition coefficient (Wildman–Crippen LogP) is 3.87. The molecule has 0 amide bonds. The molecule has 1 unspecified atom stereocenters. The highest BCUT2D eigenvalue weighted by molar-refractivity contribution is 6.42. The van der Waals surface area contributed by atoms with Crippen LogP contribution in [0.4, 0.5) is 0 Å². The molecule has 0 bridgehead atoms. The summed E-state index contributed by atoms with van der Waals surface area (Å²) in [5, 5.41) is 0.920. The molecular formula is C17H24Cl2N2O. The number of halogens is 2. The van der Waals surface area contributed by atoms with Gasteiger partial charge < -0.3 is 10.6 Å². The van der Waals surface area contributed by atoms with E-state index in [0.29, 0.717) is 21.5 Å². The molecule has 1 aliphatic rings. The highest BCUT2D eigenvalue weighted by Gasteiger charge is 2.27. The van der Waals surface area contributed by atoms with Crippen molar-refractivity contribution in [2.24, 2.45) is 17.6 Å². The van der Waals surface area contributed by atoms with Gasteiger partial charge in [-0.2, -0.15) is 0 Å². The minimum absolute atomic E-state index is 0.0729. The van der Waals surface area contributed by atoms with E-state index in [2.05, 4.69) is 18.7 Å². The van der Waals surface area contributed by atoms with E-state index >= 15 is 0 Å². The van der Waals surface area contributed by atoms with E-state index in [1.54, 1.807) is 18.2 Å². The highest BCUT2D eigenvalue weighted by Crippen LogP contribution is 2.27. The van der Waals surface area contributed by atoms with Crippen LogP contribution in [0.1, 0.15) is 37.0 Å². The van der Waals surface area contributed by atoms with Crippen LogP contribution in [0.5, 0.6) is 0 Å². The summed E-state index contributed by atoms with van der Waals surface area (Å²) < 4.78 is 0. The number of nitrogens with zero attached hydrogens (tertiary/aromatic N) is 1. The van der Waals surface area contributed by atoms with Crippen molar-refractivity contribution in [3.8, 4) is 0 Å². The van der Waals surface area contributed by atoms with Gasteiger partial charge in [0.05, 0.1) is 10.0 Å². The van der Waals surface area contributed by atoms with E-state index in [0.717, 1.165) is 32.5 Å². The zero-order valence-electron chi connectivity index (χ0n) is 13.2. The third-order valence-corrected chi connectivity index (χ3v) is 5.23. The fourth-order valence-electron chi connectivity index (χ4n) is 2.77. The summed E-state index contributed by atoms with van der Waals surface area (Å²) >= 11 is 11.9. The van der Waals surface area contributed by atoms with Crippen molar-refractivity contribution in [1.29, 1.82) is 0 Å². The second kappa shape index (κ2) is 7.78. The van der Waals surface area contributed by atoms with Crippen LogP contribution >= 0.6 is 23.2 Å². The van der Waals surface area contributed by atoms with Crippen molar-refractivity contribution in [2.75, 3.05) is 19.6 Å². The normalized spacial score (nSPS) is 18.6. The Hall–Kier alpha value is -0.610. The Balaban J connectivity index is 1.91. The lowest BCUT2D eigenvalue weighted by Crippen LogP contribution is -2.45. The molecule has 1 aromatic carbocycles. The van der Waals surface area contributed by atoms with Gasteiger partial charge in [0.15, 0.2) is 5.78 Å². The Morgan fingerprint density at radius 1 is 1.27 bits per heavy atom. The molecule has 3 nitrogen and oxygen atoms in total. The topological polar surface area (TPSA) is 46.3 Å². The number of rotatable bonds is 5. The minimum Gasteiger partial charge on any atom is -0.326 e. The molecule has 1 heterocycles. The summed E-state index contributed by atoms with van der Waals surface area (Å²) in [5.41, 5.74) is 6.79. The number of hydrogen-bond donors (Lipinski definition) is 1. The molecule has 2 N–H and O–H groups in total. The minimum atomic E-state index is 0.0729. The number of nitrogens with two attached hydrogens (primary N) is 1. The first-order valence-electron chi connectivity index (χ1n) is 7.85. The van der Waals surface area contributed by atoms with E-state index in [1.165, 1.54) is 0 Å². The molecule has 1 saturated heterocycles. The lowest BCUT2D eigenvalue weighted by molar-refractivity contribution is 0.0831. The Bertz CT molecular complexity index is 525. The molecule has 0 radical (unpaired) electrons. The van der Waals surface area contributed by atoms with Crippen molar-refractivity contribution < 1.29 is 4.79 Å². The first-order valence-corrected chi connectivity index (χ1v) is 8.61. The van der Waals surface area contributed by atoms with Gasteiger partial charge in [-0.05, 0) is 50.0 Å². The van der Waals surface area contributed by atoms with E-state index in [4.69, 9.17) is 28.9 Å². The summed E-state index contributed by atoms with van der Waals surface area (Å²) in [7, 11) is 0. The van der Waals surface area contributed by atoms with Crippen LogP contribution in [0.15, 0.2) is 18.2 Å². The van der Waals surface area contributed by atoms with Gasteiger partial charge >= 0.3 is 0 Å². The van der Waals surface area contributed by atoms with Crippen LogP contribution in [0.3, 0.4) is 0 Å². The number of carbonyl (C=O) groups excluding carboxylic acids is 1. The molecule has 0 aromatic heterocycles. The smallest absolute Gasteiger partial charge is 0.166 e. The number of carbonyl (C=O) groups is 1. The second-order valence-electron chi connectivity index (χ2n) is 6.48. The first-order chi connectivity index (χ1) is 10.4. The van der Waals surface area contributed by atoms with Gasteiger partial charge in [0.2, 0.25) is 0 Å². The Labute approximate surface area is 142 Å². The number of hydrogen-bond acceptors (Lipinski definition) is 3. The molecule has 1 aromatic rings. The molecular weight excluding hydrogens is 319 g/mol. The zero-order chi connectivity index (χ0) is 16.3. The molecule has 2 rings (SSSR count). The second-order valence-corrected chi connectivity index (χ2v) is 7.29. The fourth-order valence-corrected chi connectivity index (χ4v) is 3.07. The Morgan fingerprint density at radius 3 is 2.45 bits per heavy atom. The van der Waals surface area contributed by atoms with Crippen LogP contribution in [0, 0.1) is 11.8 Å². The third-order valence-electron chi connectivity index (χ3n) is 4.49. The number of likely N-dealkylation sites (tertiary alicyclic amines) is 1. The van der Waals surface area contributed by atoms with E-state index in [9.17, 15) is 4.79 Å². The van der Waals surface area contributed by atoms with Crippen LogP contribution in [-0.2, 0) is 0 Å². The Kier molecular flexibility index (Phi) is 6.27. The van der Waals surface area contributed by atoms with Crippen molar-refractivity contribution in [1.82, 2.24) is 4.90 Å². The lowest BCUT2D eigenvalue weighted by Gasteiger charge is -2.33. The molecule has 122 valence electrons. The van der Waals surface area contributed by atoms with E-state index in [-0.39, 0.29) is 17.7 Å². The summed E-state index contributed by atoms with van der Waals surface area (Å²) in [6.07, 6.45) is 1.76. The zero-order valence-corrected chi connectivity index (χ0v) is 14.7. The van der Waals surface area contributed by atoms with Gasteiger partial charge in [0, 0.05) is 24.1 Å². The molecule has 22 heavy (non-hydrogen) atoms. The monoisotopic (exact) mass is 342 g/mol. The first kappa shape index (κ1) is 17.7. The number of piperidine rings is 1. The molecule has 1 fully saturated rings. The van der Waals surface area contributed by atoms with Crippen LogP contribution in [-0.4, -0.2) is 36.4 Å². The average Bonchev–Trinajstić information content (AvgIpc) is 2.50. The molecule has 1 aliphatic heterocycles. The maximum atomic E-state index is 12.6. The average molecular weight is 343 g/mol. The predicted molar refractivity (Wildman–Crippen MR) is 92.8 cm³/mol. The molecule has 0 spiro atoms. The molecule has 0 saturated carbocycles. The van der Waals surface area contributed by atoms with Crippen molar-refractivity contribution in [2.45, 2.75) is 32.7 Å². The fraction of sp³-hybridized carbons (Fsp3) is 0.588. The van der Waals surface area contributed by atoms with Crippen molar-refractivity contribution in [3.63, 3.8) is 0 Å². The van der Waals surface area contributed by atoms with Crippen LogP contribution < -0.4 is 5.73 Å². The number of ketones is 1. The van der Waals surface area contributed by atoms with Gasteiger partial charge in [0.25, 0.3) is 0 Å². The maximum Gasteiger partial charge on any atom is 0.166 e. The van der Waals surface area contributed by atoms with Crippen LogP contribution in [0.25, 0.3) is 0 Å². The highest BCUT2D eigenvalue weighted by atomic mass is 35.5. The standard InChI is InChI=1S/C17H24Cl2N2O/c1-11(2)16(20)10-21-7-5-12(6-8-21)17(22)13-3-4-14(18)15(19)9-13/h3-4,9,11-12,16H,5-8,10,20H2,1-2H3. The van der Waals surface area contributed by atoms with Gasteiger partial charge in [-0.3, -0.25) is 4.79 Å². The quantitative estimate of drug-likeness (QED) is 0.826. The summed E-state index contributed by atoms with van der Waals surface area (Å²) in [6.45, 7) is 7.05. The third kappa shape index (κ3) is 4.45. The summed E-state index contributed by atoms with van der Waals surface area (Å²) in [6, 6.07) is 5.32. The van der Waals surface area contributed by atoms with Gasteiger partial charge in [0.1, 0.15) is 0 Å². The number of Topliss-reactive ketones (excluding diaryl/α,β-unsaturated/α-hetero) is 1. The van der Waals surface area contributed by atoms with Gasteiger partial charge in [-0.25, -0.2) is 0 Å². The van der Waals surface area contributed by atoms with E-state index in [1.807, 2.05) is 0 Å². The molecule has 0 aliphatic carbocycles. The number of benzene rings is 1. The van der Waals surface area contributed by atoms with E-state index < -0.39 is 0 Å². The molecule has 5 heteroatoms. The molecule has 1 atom stereocenters. The van der Waals surface area contributed by atoms with Crippen LogP contribution in [0.2, 0.25) is 10.0 Å². The maximum absolute atomic E-state index is 12.6. The van der Waals surface area contributed by atoms with Crippen molar-refractivity contribution in [3.05, 3.63) is 33.8 Å². The summed E-state index contributed by atoms with van der Waals surface area (Å²) in [4.78, 5) is 14.9. The van der Waals surface area contributed by atoms with Gasteiger partial charge in [-0.1, -0.05) is 37.0 Å². The summed E-state index contributed by atoms with van der Waals surface area (Å²) in [5.74, 6) is 0.728. The Morgan fingerprint density at radius 2 is 1.91 bits per heavy atom. The lowest BCUT2D eigenvalue weighted by atomic mass is 9.88. The van der Waals surface area contributed by atoms with Crippen molar-refractivity contribution >= 4 is 29.0 Å². The SMILES string of the molecule is CC(C)C(N)CN1CCC(C(=O)c2ccc(Cl)c(Cl)c2)CC1.